The maximum absolute atomic E-state index is 13.0. The lowest BCUT2D eigenvalue weighted by atomic mass is 9.45. The average Bonchev–Trinajstić information content (AvgIpc) is 2.98. The zero-order chi connectivity index (χ0) is 22.6. The lowest BCUT2D eigenvalue weighted by molar-refractivity contribution is -0.182. The average molecular weight is 435 g/mol. The molecule has 3 saturated carbocycles. The number of fused-ring (bicyclic) bond motifs is 5. The Hall–Kier alpha value is -1.73. The number of carbonyl (C=O) groups is 3. The van der Waals surface area contributed by atoms with Crippen LogP contribution in [0.4, 0.5) is 4.79 Å². The fourth-order valence-electron chi connectivity index (χ4n) is 7.55. The minimum Gasteiger partial charge on any atom is -0.435 e. The molecule has 7 atom stereocenters. The highest BCUT2D eigenvalue weighted by Crippen LogP contribution is 2.67. The first-order chi connectivity index (χ1) is 14.6. The van der Waals surface area contributed by atoms with Crippen LogP contribution in [0.15, 0.2) is 11.6 Å². The number of rotatable bonds is 4. The van der Waals surface area contributed by atoms with Crippen LogP contribution in [-0.2, 0) is 19.1 Å². The van der Waals surface area contributed by atoms with Crippen molar-refractivity contribution in [3.63, 3.8) is 0 Å². The van der Waals surface area contributed by atoms with Gasteiger partial charge in [0.25, 0.3) is 0 Å². The molecule has 0 bridgehead atoms. The van der Waals surface area contributed by atoms with Crippen LogP contribution in [0.1, 0.15) is 65.7 Å². The summed E-state index contributed by atoms with van der Waals surface area (Å²) in [6.45, 7) is 5.34. The summed E-state index contributed by atoms with van der Waals surface area (Å²) in [4.78, 5) is 36.5. The van der Waals surface area contributed by atoms with Crippen LogP contribution in [0.3, 0.4) is 0 Å². The van der Waals surface area contributed by atoms with E-state index in [4.69, 9.17) is 9.47 Å². The van der Waals surface area contributed by atoms with Gasteiger partial charge in [-0.2, -0.15) is 0 Å². The summed E-state index contributed by atoms with van der Waals surface area (Å²) in [5.74, 6) is -0.0668. The highest BCUT2D eigenvalue weighted by molar-refractivity contribution is 5.92. The first-order valence-corrected chi connectivity index (χ1v) is 11.5. The van der Waals surface area contributed by atoms with Gasteiger partial charge in [0.05, 0.1) is 12.7 Å². The van der Waals surface area contributed by atoms with Gasteiger partial charge in [-0.25, -0.2) is 4.79 Å². The lowest BCUT2D eigenvalue weighted by Crippen LogP contribution is -2.62. The molecule has 0 aromatic heterocycles. The van der Waals surface area contributed by atoms with Crippen LogP contribution in [0.25, 0.3) is 0 Å². The zero-order valence-corrected chi connectivity index (χ0v) is 18.7. The minimum atomic E-state index is -1.64. The van der Waals surface area contributed by atoms with Gasteiger partial charge in [0.1, 0.15) is 5.60 Å². The van der Waals surface area contributed by atoms with Crippen molar-refractivity contribution >= 4 is 17.7 Å². The Morgan fingerprint density at radius 2 is 1.90 bits per heavy atom. The summed E-state index contributed by atoms with van der Waals surface area (Å²) < 4.78 is 9.62. The van der Waals surface area contributed by atoms with Gasteiger partial charge in [-0.15, -0.1) is 0 Å². The number of aliphatic hydroxyl groups is 2. The van der Waals surface area contributed by atoms with E-state index in [2.05, 4.69) is 6.92 Å². The summed E-state index contributed by atoms with van der Waals surface area (Å²) in [5, 5.41) is 22.9. The number of hydrogen-bond acceptors (Lipinski definition) is 7. The summed E-state index contributed by atoms with van der Waals surface area (Å²) >= 11 is 0. The van der Waals surface area contributed by atoms with Crippen molar-refractivity contribution in [1.29, 1.82) is 0 Å². The highest BCUT2D eigenvalue weighted by Gasteiger charge is 2.68. The molecule has 0 aromatic rings. The molecule has 7 nitrogen and oxygen atoms in total. The minimum absolute atomic E-state index is 0.0203. The fourth-order valence-corrected chi connectivity index (χ4v) is 7.55. The van der Waals surface area contributed by atoms with Gasteiger partial charge in [0, 0.05) is 11.8 Å². The number of allylic oxidation sites excluding steroid dienone is 1. The molecule has 0 saturated heterocycles. The van der Waals surface area contributed by atoms with E-state index in [0.717, 1.165) is 24.8 Å². The predicted octanol–water partition coefficient (Wildman–Crippen LogP) is 2.96. The van der Waals surface area contributed by atoms with E-state index >= 15 is 0 Å². The molecular weight excluding hydrogens is 400 g/mol. The molecule has 7 heteroatoms. The fraction of sp³-hybridized carbons (Fsp3) is 0.792. The molecule has 31 heavy (non-hydrogen) atoms. The molecule has 0 amide bonds. The van der Waals surface area contributed by atoms with Crippen molar-refractivity contribution in [3.05, 3.63) is 11.6 Å². The van der Waals surface area contributed by atoms with E-state index in [9.17, 15) is 24.6 Å². The Bertz CT molecular complexity index is 819. The van der Waals surface area contributed by atoms with Crippen LogP contribution >= 0.6 is 0 Å². The van der Waals surface area contributed by atoms with Crippen molar-refractivity contribution in [3.8, 4) is 0 Å². The molecular formula is C24H34O7. The van der Waals surface area contributed by atoms with Gasteiger partial charge in [-0.05, 0) is 74.7 Å². The molecule has 0 radical (unpaired) electrons. The van der Waals surface area contributed by atoms with Crippen molar-refractivity contribution in [1.82, 2.24) is 0 Å². The lowest BCUT2D eigenvalue weighted by Gasteiger charge is -2.60. The van der Waals surface area contributed by atoms with Gasteiger partial charge in [-0.1, -0.05) is 19.4 Å². The summed E-state index contributed by atoms with van der Waals surface area (Å²) in [6, 6.07) is 0. The smallest absolute Gasteiger partial charge is 0.435 e. The van der Waals surface area contributed by atoms with Crippen LogP contribution < -0.4 is 0 Å². The monoisotopic (exact) mass is 434 g/mol. The molecule has 172 valence electrons. The largest absolute Gasteiger partial charge is 0.508 e. The van der Waals surface area contributed by atoms with Crippen LogP contribution in [0.2, 0.25) is 0 Å². The van der Waals surface area contributed by atoms with E-state index in [1.165, 1.54) is 0 Å². The first kappa shape index (κ1) is 22.5. The van der Waals surface area contributed by atoms with Crippen molar-refractivity contribution in [2.45, 2.75) is 77.4 Å². The molecule has 4 aliphatic carbocycles. The number of Topliss-reactive ketones (excluding diaryl/α,β-unsaturated/α-hetero) is 1. The van der Waals surface area contributed by atoms with Gasteiger partial charge in [-0.3, -0.25) is 9.59 Å². The molecule has 3 fully saturated rings. The van der Waals surface area contributed by atoms with E-state index < -0.39 is 35.7 Å². The number of carbonyl (C=O) groups excluding carboxylic acids is 3. The van der Waals surface area contributed by atoms with E-state index in [1.54, 1.807) is 13.0 Å². The normalized spacial score (nSPS) is 43.9. The predicted molar refractivity (Wildman–Crippen MR) is 111 cm³/mol. The maximum atomic E-state index is 13.0. The number of hydrogen-bond donors (Lipinski definition) is 2. The maximum Gasteiger partial charge on any atom is 0.508 e. The molecule has 4 rings (SSSR count). The summed E-state index contributed by atoms with van der Waals surface area (Å²) in [5.41, 5.74) is -1.49. The van der Waals surface area contributed by atoms with E-state index in [1.807, 2.05) is 6.92 Å². The Kier molecular flexibility index (Phi) is 5.58. The SMILES string of the molecule is CCOC(=O)OCC(=O)C1(O)CCC2C3CCC4=CC(=O)CCC4(C)C3C(O)CC21C. The Balaban J connectivity index is 1.59. The molecule has 0 aliphatic heterocycles. The van der Waals surface area contributed by atoms with Gasteiger partial charge >= 0.3 is 6.16 Å². The Morgan fingerprint density at radius 3 is 2.61 bits per heavy atom. The Morgan fingerprint density at radius 1 is 1.16 bits per heavy atom. The molecule has 0 aromatic carbocycles. The molecule has 7 unspecified atom stereocenters. The quantitative estimate of drug-likeness (QED) is 0.655. The van der Waals surface area contributed by atoms with E-state index in [-0.39, 0.29) is 35.6 Å². The molecule has 4 aliphatic rings. The van der Waals surface area contributed by atoms with Crippen molar-refractivity contribution < 1.29 is 34.1 Å². The molecule has 0 heterocycles. The number of ketones is 2. The number of aliphatic hydroxyl groups excluding tert-OH is 1. The van der Waals surface area contributed by atoms with E-state index in [0.29, 0.717) is 25.7 Å². The van der Waals surface area contributed by atoms with Gasteiger partial charge in [0.15, 0.2) is 12.4 Å². The topological polar surface area (TPSA) is 110 Å². The third-order valence-corrected chi connectivity index (χ3v) is 9.09. The zero-order valence-electron chi connectivity index (χ0n) is 18.7. The third-order valence-electron chi connectivity index (χ3n) is 9.09. The Labute approximate surface area is 183 Å². The second-order valence-electron chi connectivity index (χ2n) is 10.4. The molecule has 2 N–H and O–H groups in total. The third kappa shape index (κ3) is 3.27. The summed E-state index contributed by atoms with van der Waals surface area (Å²) in [7, 11) is 0. The van der Waals surface area contributed by atoms with Crippen LogP contribution in [0, 0.1) is 28.6 Å². The second kappa shape index (κ2) is 7.69. The summed E-state index contributed by atoms with van der Waals surface area (Å²) in [6.07, 6.45) is 4.43. The number of ether oxygens (including phenoxy) is 2. The van der Waals surface area contributed by atoms with Crippen LogP contribution in [0.5, 0.6) is 0 Å². The van der Waals surface area contributed by atoms with Crippen LogP contribution in [-0.4, -0.2) is 52.9 Å². The van der Waals surface area contributed by atoms with Gasteiger partial charge in [0.2, 0.25) is 5.78 Å². The van der Waals surface area contributed by atoms with Gasteiger partial charge < -0.3 is 19.7 Å². The standard InChI is InChI=1S/C24H34O7/c1-4-30-21(28)31-13-19(27)24(29)10-8-17-16-6-5-14-11-15(25)7-9-22(14,2)20(16)18(26)12-23(17,24)3/h11,16-18,20,26,29H,4-10,12-13H2,1-3H3. The first-order valence-electron chi connectivity index (χ1n) is 11.5. The van der Waals surface area contributed by atoms with Crippen molar-refractivity contribution in [2.75, 3.05) is 13.2 Å². The van der Waals surface area contributed by atoms with Crippen molar-refractivity contribution in [2.24, 2.45) is 28.6 Å². The highest BCUT2D eigenvalue weighted by atomic mass is 16.7. The molecule has 0 spiro atoms. The second-order valence-corrected chi connectivity index (χ2v) is 10.4.